The van der Waals surface area contributed by atoms with Crippen molar-refractivity contribution in [2.75, 3.05) is 0 Å². The highest BCUT2D eigenvalue weighted by molar-refractivity contribution is 8.31. The van der Waals surface area contributed by atoms with Gasteiger partial charge in [0.15, 0.2) is 0 Å². The molecule has 0 aliphatic rings. The minimum atomic E-state index is -4.69. The first-order valence-electron chi connectivity index (χ1n) is 8.83. The van der Waals surface area contributed by atoms with Crippen molar-refractivity contribution in [2.24, 2.45) is 5.41 Å². The summed E-state index contributed by atoms with van der Waals surface area (Å²) >= 11 is 0. The van der Waals surface area contributed by atoms with E-state index in [0.29, 0.717) is 5.56 Å². The first-order valence-corrected chi connectivity index (χ1v) is 11.8. The van der Waals surface area contributed by atoms with E-state index in [1.54, 1.807) is 33.8 Å². The fourth-order valence-electron chi connectivity index (χ4n) is 2.49. The molecule has 0 saturated heterocycles. The SMILES string of the molecule is Cc1ccc(S(=O)(=O)C(=[N+]=[N-])S(=O)(=O)c2ccc(OC(=O)C(C)(C)C)cc2)c(C)c1. The van der Waals surface area contributed by atoms with Crippen LogP contribution < -0.4 is 4.74 Å². The van der Waals surface area contributed by atoms with E-state index < -0.39 is 40.3 Å². The summed E-state index contributed by atoms with van der Waals surface area (Å²) in [5, 5.41) is 0. The summed E-state index contributed by atoms with van der Waals surface area (Å²) in [6, 6.07) is 8.93. The molecule has 0 heterocycles. The molecular formula is C20H22N2O6S2. The number of rotatable bonds is 3. The van der Waals surface area contributed by atoms with Gasteiger partial charge in [0.05, 0.1) is 15.2 Å². The molecule has 0 fully saturated rings. The van der Waals surface area contributed by atoms with E-state index in [-0.39, 0.29) is 10.6 Å². The molecular weight excluding hydrogens is 428 g/mol. The van der Waals surface area contributed by atoms with Gasteiger partial charge in [-0.2, -0.15) is 0 Å². The molecule has 160 valence electrons. The second kappa shape index (κ2) is 8.14. The lowest BCUT2D eigenvalue weighted by atomic mass is 9.97. The molecule has 0 spiro atoms. The normalized spacial score (nSPS) is 12.2. The van der Waals surface area contributed by atoms with Crippen LogP contribution in [0.3, 0.4) is 0 Å². The highest BCUT2D eigenvalue weighted by Crippen LogP contribution is 2.26. The Bertz CT molecular complexity index is 1250. The number of esters is 1. The third kappa shape index (κ3) is 4.67. The molecule has 0 aliphatic carbocycles. The van der Waals surface area contributed by atoms with Gasteiger partial charge in [-0.15, -0.1) is 4.79 Å². The first kappa shape index (κ1) is 23.5. The van der Waals surface area contributed by atoms with E-state index >= 15 is 0 Å². The number of benzene rings is 2. The maximum atomic E-state index is 12.9. The first-order chi connectivity index (χ1) is 13.7. The van der Waals surface area contributed by atoms with Crippen molar-refractivity contribution < 1.29 is 31.2 Å². The van der Waals surface area contributed by atoms with Crippen molar-refractivity contribution in [3.05, 3.63) is 59.1 Å². The van der Waals surface area contributed by atoms with Crippen molar-refractivity contribution in [3.63, 3.8) is 0 Å². The van der Waals surface area contributed by atoms with Gasteiger partial charge in [-0.05, 0) is 70.5 Å². The average Bonchev–Trinajstić information content (AvgIpc) is 2.61. The van der Waals surface area contributed by atoms with Crippen LogP contribution in [0, 0.1) is 19.3 Å². The number of hydrogen-bond donors (Lipinski definition) is 0. The number of aryl methyl sites for hydroxylation is 2. The molecule has 0 amide bonds. The molecule has 2 aromatic carbocycles. The van der Waals surface area contributed by atoms with E-state index in [2.05, 4.69) is 4.79 Å². The van der Waals surface area contributed by atoms with Crippen molar-refractivity contribution in [1.82, 2.24) is 0 Å². The van der Waals surface area contributed by atoms with Gasteiger partial charge in [-0.1, -0.05) is 17.7 Å². The maximum Gasteiger partial charge on any atom is 0.504 e. The van der Waals surface area contributed by atoms with Crippen LogP contribution in [0.2, 0.25) is 0 Å². The van der Waals surface area contributed by atoms with Crippen molar-refractivity contribution >= 4 is 30.0 Å². The molecule has 0 radical (unpaired) electrons. The number of carbonyl (C=O) groups is 1. The lowest BCUT2D eigenvalue weighted by molar-refractivity contribution is -0.143. The van der Waals surface area contributed by atoms with Gasteiger partial charge < -0.3 is 10.3 Å². The van der Waals surface area contributed by atoms with Crippen LogP contribution in [0.1, 0.15) is 31.9 Å². The smallest absolute Gasteiger partial charge is 0.426 e. The summed E-state index contributed by atoms with van der Waals surface area (Å²) in [5.41, 5.74) is 9.63. The Labute approximate surface area is 176 Å². The standard InChI is InChI=1S/C20H22N2O6S2/c1-13-6-11-17(14(2)12-13)30(26,27)19(22-21)29(24,25)16-9-7-15(8-10-16)28-18(23)20(3,4)5/h6-12H,1-5H3. The summed E-state index contributed by atoms with van der Waals surface area (Å²) in [6.45, 7) is 8.26. The lowest BCUT2D eigenvalue weighted by Crippen LogP contribution is -2.27. The Morgan fingerprint density at radius 2 is 1.50 bits per heavy atom. The molecule has 2 aromatic rings. The van der Waals surface area contributed by atoms with E-state index in [4.69, 9.17) is 4.74 Å². The number of hydrogen-bond acceptors (Lipinski definition) is 6. The van der Waals surface area contributed by atoms with Crippen LogP contribution in [-0.4, -0.2) is 32.0 Å². The van der Waals surface area contributed by atoms with E-state index in [9.17, 15) is 27.2 Å². The molecule has 10 heteroatoms. The molecule has 0 aromatic heterocycles. The molecule has 2 rings (SSSR count). The van der Waals surface area contributed by atoms with Gasteiger partial charge >= 0.3 is 10.3 Å². The third-order valence-corrected chi connectivity index (χ3v) is 8.45. The molecule has 0 bridgehead atoms. The third-order valence-electron chi connectivity index (χ3n) is 4.12. The fraction of sp³-hybridized carbons (Fsp3) is 0.300. The van der Waals surface area contributed by atoms with Crippen LogP contribution in [-0.2, 0) is 24.5 Å². The lowest BCUT2D eigenvalue weighted by Gasteiger charge is -2.16. The van der Waals surface area contributed by atoms with Crippen molar-refractivity contribution in [1.29, 1.82) is 0 Å². The maximum absolute atomic E-state index is 12.9. The van der Waals surface area contributed by atoms with Crippen LogP contribution >= 0.6 is 0 Å². The summed E-state index contributed by atoms with van der Waals surface area (Å²) in [5.74, 6) is -0.429. The van der Waals surface area contributed by atoms with Gasteiger partial charge in [0.1, 0.15) is 5.75 Å². The van der Waals surface area contributed by atoms with E-state index in [1.165, 1.54) is 31.2 Å². The Hall–Kier alpha value is -2.81. The number of carbonyl (C=O) groups excluding carboxylic acids is 1. The Balaban J connectivity index is 2.46. The molecule has 0 aliphatic heterocycles. The molecule has 30 heavy (non-hydrogen) atoms. The quantitative estimate of drug-likeness (QED) is 0.176. The second-order valence-electron chi connectivity index (χ2n) is 7.75. The second-order valence-corrected chi connectivity index (χ2v) is 11.7. The van der Waals surface area contributed by atoms with Gasteiger partial charge in [-0.25, -0.2) is 16.8 Å². The predicted molar refractivity (Wildman–Crippen MR) is 110 cm³/mol. The molecule has 0 unspecified atom stereocenters. The molecule has 0 saturated carbocycles. The fourth-order valence-corrected chi connectivity index (χ4v) is 6.04. The average molecular weight is 451 g/mol. The number of sulfone groups is 2. The summed E-state index contributed by atoms with van der Waals surface area (Å²) < 4.78 is 55.3. The zero-order chi connectivity index (χ0) is 22.9. The topological polar surface area (TPSA) is 131 Å². The zero-order valence-electron chi connectivity index (χ0n) is 17.2. The van der Waals surface area contributed by atoms with Crippen LogP contribution in [0.15, 0.2) is 52.3 Å². The summed E-state index contributed by atoms with van der Waals surface area (Å²) in [6.07, 6.45) is 0. The van der Waals surface area contributed by atoms with Crippen molar-refractivity contribution in [2.45, 2.75) is 44.4 Å². The Morgan fingerprint density at radius 1 is 0.933 bits per heavy atom. The van der Waals surface area contributed by atoms with E-state index in [0.717, 1.165) is 17.7 Å². The van der Waals surface area contributed by atoms with Crippen LogP contribution in [0.25, 0.3) is 5.53 Å². The van der Waals surface area contributed by atoms with Crippen LogP contribution in [0.4, 0.5) is 0 Å². The number of nitrogens with zero attached hydrogens (tertiary/aromatic N) is 2. The minimum absolute atomic E-state index is 0.0913. The summed E-state index contributed by atoms with van der Waals surface area (Å²) in [7, 11) is -9.31. The molecule has 0 N–H and O–H groups in total. The highest BCUT2D eigenvalue weighted by atomic mass is 32.3. The Kier molecular flexibility index (Phi) is 6.37. The van der Waals surface area contributed by atoms with Gasteiger partial charge in [-0.3, -0.25) is 4.79 Å². The Morgan fingerprint density at radius 3 is 1.97 bits per heavy atom. The van der Waals surface area contributed by atoms with Crippen LogP contribution in [0.5, 0.6) is 5.75 Å². The monoisotopic (exact) mass is 450 g/mol. The molecule has 0 atom stereocenters. The van der Waals surface area contributed by atoms with Gasteiger partial charge in [0.2, 0.25) is 0 Å². The predicted octanol–water partition coefficient (Wildman–Crippen LogP) is 3.09. The summed E-state index contributed by atoms with van der Waals surface area (Å²) in [4.78, 5) is 13.8. The van der Waals surface area contributed by atoms with Gasteiger partial charge in [0, 0.05) is 0 Å². The van der Waals surface area contributed by atoms with E-state index in [1.807, 2.05) is 0 Å². The van der Waals surface area contributed by atoms with Crippen molar-refractivity contribution in [3.8, 4) is 5.75 Å². The molecule has 8 nitrogen and oxygen atoms in total. The largest absolute Gasteiger partial charge is 0.504 e. The van der Waals surface area contributed by atoms with Gasteiger partial charge in [0.25, 0.3) is 19.7 Å². The number of ether oxygens (including phenoxy) is 1. The zero-order valence-corrected chi connectivity index (χ0v) is 18.8. The minimum Gasteiger partial charge on any atom is -0.426 e. The highest BCUT2D eigenvalue weighted by Gasteiger charge is 2.44.